The Kier molecular flexibility index (Phi) is 8.98. The molecule has 13 nitrogen and oxygen atoms in total. The van der Waals surface area contributed by atoms with E-state index < -0.39 is 54.0 Å². The number of rotatable bonds is 12. The Morgan fingerprint density at radius 2 is 1.68 bits per heavy atom. The van der Waals surface area contributed by atoms with Crippen LogP contribution in [0.2, 0.25) is 0 Å². The second kappa shape index (κ2) is 12.1. The second-order valence-corrected chi connectivity index (χ2v) is 8.79. The summed E-state index contributed by atoms with van der Waals surface area (Å²) >= 11 is 0. The standard InChI is InChI=1S/C24H31N7O6/c1-12(21(33)31-19(24(36)37)7-14-9-27-17-6-4-3-5-16(14)17)29-22(34)18(8-15-10-26-11-28-15)30-23(35)20(25)13(2)32/h3-6,9-13,18-20,27,32H,7-8,25H2,1-2H3,(H,26,28)(H,29,34)(H,30,35)(H,31,33)(H,36,37)/t12-,13+,18-,19-,20-/m0/s1. The molecule has 198 valence electrons. The van der Waals surface area contributed by atoms with E-state index in [0.717, 1.165) is 16.5 Å². The predicted octanol–water partition coefficient (Wildman–Crippen LogP) is -1.06. The van der Waals surface area contributed by atoms with E-state index >= 15 is 0 Å². The fraction of sp³-hybridized carbons (Fsp3) is 0.375. The number of nitrogens with zero attached hydrogens (tertiary/aromatic N) is 1. The highest BCUT2D eigenvalue weighted by atomic mass is 16.4. The van der Waals surface area contributed by atoms with Crippen LogP contribution in [0.1, 0.15) is 25.1 Å². The highest BCUT2D eigenvalue weighted by Crippen LogP contribution is 2.19. The monoisotopic (exact) mass is 513 g/mol. The molecule has 0 radical (unpaired) electrons. The minimum Gasteiger partial charge on any atom is -0.480 e. The van der Waals surface area contributed by atoms with E-state index in [0.29, 0.717) is 5.69 Å². The average Bonchev–Trinajstić information content (AvgIpc) is 3.52. The number of aromatic nitrogens is 3. The molecule has 1 aromatic carbocycles. The SMILES string of the molecule is C[C@H](NC(=O)[C@H](Cc1c[nH]cn1)NC(=O)[C@@H](N)[C@@H](C)O)C(=O)N[C@@H](Cc1c[nH]c2ccccc12)C(=O)O. The number of benzene rings is 1. The fourth-order valence-electron chi connectivity index (χ4n) is 3.70. The van der Waals surface area contributed by atoms with Crippen LogP contribution in [0.25, 0.3) is 10.9 Å². The third kappa shape index (κ3) is 7.15. The summed E-state index contributed by atoms with van der Waals surface area (Å²) < 4.78 is 0. The number of carbonyl (C=O) groups is 4. The van der Waals surface area contributed by atoms with Gasteiger partial charge in [-0.25, -0.2) is 9.78 Å². The van der Waals surface area contributed by atoms with Gasteiger partial charge in [0.25, 0.3) is 0 Å². The molecule has 2 heterocycles. The van der Waals surface area contributed by atoms with Crippen LogP contribution in [0.4, 0.5) is 0 Å². The van der Waals surface area contributed by atoms with Crippen molar-refractivity contribution in [2.24, 2.45) is 5.73 Å². The van der Waals surface area contributed by atoms with Crippen LogP contribution >= 0.6 is 0 Å². The molecule has 9 N–H and O–H groups in total. The lowest BCUT2D eigenvalue weighted by Crippen LogP contribution is -2.58. The summed E-state index contributed by atoms with van der Waals surface area (Å²) in [5.41, 5.74) is 7.69. The summed E-state index contributed by atoms with van der Waals surface area (Å²) in [6, 6.07) is 2.60. The highest BCUT2D eigenvalue weighted by Gasteiger charge is 2.30. The quantitative estimate of drug-likeness (QED) is 0.149. The molecular weight excluding hydrogens is 482 g/mol. The van der Waals surface area contributed by atoms with Crippen molar-refractivity contribution >= 4 is 34.6 Å². The van der Waals surface area contributed by atoms with Gasteiger partial charge in [-0.15, -0.1) is 0 Å². The van der Waals surface area contributed by atoms with Gasteiger partial charge in [0.15, 0.2) is 0 Å². The van der Waals surface area contributed by atoms with E-state index in [1.165, 1.54) is 20.2 Å². The number of aliphatic carboxylic acids is 1. The van der Waals surface area contributed by atoms with Crippen molar-refractivity contribution < 1.29 is 29.4 Å². The van der Waals surface area contributed by atoms with E-state index in [1.807, 2.05) is 24.3 Å². The van der Waals surface area contributed by atoms with Gasteiger partial charge in [0.2, 0.25) is 17.7 Å². The topological polar surface area (TPSA) is 215 Å². The minimum atomic E-state index is -1.27. The van der Waals surface area contributed by atoms with Crippen LogP contribution in [0.3, 0.4) is 0 Å². The fourth-order valence-corrected chi connectivity index (χ4v) is 3.70. The van der Waals surface area contributed by atoms with Gasteiger partial charge in [0, 0.05) is 36.1 Å². The largest absolute Gasteiger partial charge is 0.480 e. The summed E-state index contributed by atoms with van der Waals surface area (Å²) in [6.07, 6.45) is 3.51. The molecule has 2 aromatic heterocycles. The summed E-state index contributed by atoms with van der Waals surface area (Å²) in [6.45, 7) is 2.74. The molecule has 0 saturated heterocycles. The first-order valence-corrected chi connectivity index (χ1v) is 11.7. The van der Waals surface area contributed by atoms with Crippen molar-refractivity contribution in [2.45, 2.75) is 57.0 Å². The summed E-state index contributed by atoms with van der Waals surface area (Å²) in [7, 11) is 0. The van der Waals surface area contributed by atoms with Crippen molar-refractivity contribution in [3.8, 4) is 0 Å². The van der Waals surface area contributed by atoms with E-state index in [1.54, 1.807) is 12.4 Å². The Morgan fingerprint density at radius 3 is 2.32 bits per heavy atom. The van der Waals surface area contributed by atoms with Crippen molar-refractivity contribution in [3.05, 3.63) is 54.2 Å². The van der Waals surface area contributed by atoms with Crippen molar-refractivity contribution in [1.29, 1.82) is 0 Å². The lowest BCUT2D eigenvalue weighted by Gasteiger charge is -2.23. The van der Waals surface area contributed by atoms with E-state index in [2.05, 4.69) is 30.9 Å². The van der Waals surface area contributed by atoms with Gasteiger partial charge in [-0.05, 0) is 25.5 Å². The minimum absolute atomic E-state index is 0.0136. The molecule has 0 aliphatic rings. The maximum absolute atomic E-state index is 13.0. The Labute approximate surface area is 212 Å². The molecule has 37 heavy (non-hydrogen) atoms. The zero-order chi connectivity index (χ0) is 27.1. The van der Waals surface area contributed by atoms with Gasteiger partial charge in [-0.3, -0.25) is 14.4 Å². The van der Waals surface area contributed by atoms with Crippen LogP contribution in [-0.4, -0.2) is 79.1 Å². The molecule has 0 saturated carbocycles. The Balaban J connectivity index is 1.66. The number of aliphatic hydroxyl groups excluding tert-OH is 1. The van der Waals surface area contributed by atoms with Gasteiger partial charge in [0.05, 0.1) is 18.1 Å². The van der Waals surface area contributed by atoms with Crippen molar-refractivity contribution in [3.63, 3.8) is 0 Å². The first kappa shape index (κ1) is 27.4. The lowest BCUT2D eigenvalue weighted by molar-refractivity contribution is -0.142. The second-order valence-electron chi connectivity index (χ2n) is 8.79. The van der Waals surface area contributed by atoms with Crippen LogP contribution in [0.15, 0.2) is 43.0 Å². The predicted molar refractivity (Wildman–Crippen MR) is 133 cm³/mol. The number of hydrogen-bond acceptors (Lipinski definition) is 7. The number of H-pyrrole nitrogens is 2. The van der Waals surface area contributed by atoms with Gasteiger partial charge in [-0.2, -0.15) is 0 Å². The van der Waals surface area contributed by atoms with E-state index in [9.17, 15) is 29.4 Å². The molecular formula is C24H31N7O6. The number of nitrogens with one attached hydrogen (secondary N) is 5. The molecule has 0 spiro atoms. The maximum atomic E-state index is 13.0. The van der Waals surface area contributed by atoms with Crippen molar-refractivity contribution in [1.82, 2.24) is 30.9 Å². The molecule has 0 fully saturated rings. The van der Waals surface area contributed by atoms with Gasteiger partial charge in [0.1, 0.15) is 24.2 Å². The van der Waals surface area contributed by atoms with Crippen LogP contribution in [0, 0.1) is 0 Å². The van der Waals surface area contributed by atoms with Crippen molar-refractivity contribution in [2.75, 3.05) is 0 Å². The van der Waals surface area contributed by atoms with Crippen LogP contribution < -0.4 is 21.7 Å². The number of fused-ring (bicyclic) bond motifs is 1. The number of carboxylic acids is 1. The van der Waals surface area contributed by atoms with Crippen LogP contribution in [-0.2, 0) is 32.0 Å². The average molecular weight is 514 g/mol. The van der Waals surface area contributed by atoms with E-state index in [4.69, 9.17) is 5.73 Å². The Bertz CT molecular complexity index is 1240. The zero-order valence-electron chi connectivity index (χ0n) is 20.4. The molecule has 3 aromatic rings. The third-order valence-electron chi connectivity index (χ3n) is 5.89. The number of imidazole rings is 1. The normalized spacial score (nSPS) is 15.2. The molecule has 3 amide bonds. The number of carbonyl (C=O) groups excluding carboxylic acids is 3. The lowest BCUT2D eigenvalue weighted by atomic mass is 10.0. The first-order chi connectivity index (χ1) is 17.6. The molecule has 5 atom stereocenters. The Morgan fingerprint density at radius 1 is 0.973 bits per heavy atom. The van der Waals surface area contributed by atoms with Gasteiger partial charge >= 0.3 is 5.97 Å². The van der Waals surface area contributed by atoms with E-state index in [-0.39, 0.29) is 12.8 Å². The summed E-state index contributed by atoms with van der Waals surface area (Å²) in [5, 5.41) is 27.5. The number of amides is 3. The highest BCUT2D eigenvalue weighted by molar-refractivity contribution is 5.94. The molecule has 13 heteroatoms. The molecule has 0 unspecified atom stereocenters. The maximum Gasteiger partial charge on any atom is 0.326 e. The smallest absolute Gasteiger partial charge is 0.326 e. The zero-order valence-corrected chi connectivity index (χ0v) is 20.4. The van der Waals surface area contributed by atoms with Gasteiger partial charge < -0.3 is 41.9 Å². The number of hydrogen-bond donors (Lipinski definition) is 8. The van der Waals surface area contributed by atoms with Crippen LogP contribution in [0.5, 0.6) is 0 Å². The van der Waals surface area contributed by atoms with Gasteiger partial charge in [-0.1, -0.05) is 18.2 Å². The molecule has 0 aliphatic heterocycles. The molecule has 0 aliphatic carbocycles. The summed E-state index contributed by atoms with van der Waals surface area (Å²) in [4.78, 5) is 59.8. The first-order valence-electron chi connectivity index (χ1n) is 11.7. The third-order valence-corrected chi connectivity index (χ3v) is 5.89. The number of aromatic amines is 2. The molecule has 3 rings (SSSR count). The number of para-hydroxylation sites is 1. The number of carboxylic acid groups (broad SMARTS) is 1. The Hall–Kier alpha value is -4.23. The molecule has 0 bridgehead atoms. The number of aliphatic hydroxyl groups is 1. The number of nitrogens with two attached hydrogens (primary N) is 1. The summed E-state index contributed by atoms with van der Waals surface area (Å²) in [5.74, 6) is -3.41.